The summed E-state index contributed by atoms with van der Waals surface area (Å²) in [7, 11) is 0. The van der Waals surface area contributed by atoms with Gasteiger partial charge in [0.25, 0.3) is 11.5 Å². The Hall–Kier alpha value is -3.42. The molecule has 1 saturated heterocycles. The predicted octanol–water partition coefficient (Wildman–Crippen LogP) is 1.72. The zero-order chi connectivity index (χ0) is 20.4. The molecule has 1 amide bonds. The number of pyridine rings is 1. The quantitative estimate of drug-likeness (QED) is 0.727. The van der Waals surface area contributed by atoms with Crippen LogP contribution in [0.4, 0.5) is 0 Å². The molecule has 1 aliphatic heterocycles. The van der Waals surface area contributed by atoms with E-state index in [-0.39, 0.29) is 17.5 Å². The molecule has 29 heavy (non-hydrogen) atoms. The van der Waals surface area contributed by atoms with Crippen LogP contribution in [0.25, 0.3) is 11.0 Å². The van der Waals surface area contributed by atoms with E-state index in [1.807, 2.05) is 30.3 Å². The van der Waals surface area contributed by atoms with E-state index in [0.717, 1.165) is 0 Å². The number of aromatic nitrogens is 3. The van der Waals surface area contributed by atoms with E-state index >= 15 is 0 Å². The molecule has 0 aliphatic carbocycles. The third-order valence-electron chi connectivity index (χ3n) is 5.25. The third kappa shape index (κ3) is 3.78. The number of hydrogen-bond donors (Lipinski definition) is 1. The highest BCUT2D eigenvalue weighted by Gasteiger charge is 2.29. The molecule has 3 aromatic rings. The average molecular weight is 394 g/mol. The summed E-state index contributed by atoms with van der Waals surface area (Å²) in [5, 5.41) is 0.385. The number of H-pyrrole nitrogens is 1. The first-order valence-corrected chi connectivity index (χ1v) is 9.64. The second-order valence-corrected chi connectivity index (χ2v) is 7.13. The molecule has 0 spiro atoms. The monoisotopic (exact) mass is 394 g/mol. The highest BCUT2D eigenvalue weighted by molar-refractivity contribution is 5.81. The van der Waals surface area contributed by atoms with Gasteiger partial charge in [0.05, 0.1) is 5.39 Å². The summed E-state index contributed by atoms with van der Waals surface area (Å²) in [5.41, 5.74) is -0.521. The number of fused-ring (bicyclic) bond motifs is 1. The van der Waals surface area contributed by atoms with Crippen molar-refractivity contribution in [1.29, 1.82) is 0 Å². The molecular formula is C21H22N4O4. The lowest BCUT2D eigenvalue weighted by Gasteiger charge is -2.33. The zero-order valence-corrected chi connectivity index (χ0v) is 16.1. The fraction of sp³-hybridized carbons (Fsp3) is 0.333. The number of nitrogens with one attached hydrogen (secondary N) is 1. The molecule has 0 saturated carbocycles. The number of aromatic amines is 1. The van der Waals surface area contributed by atoms with Crippen molar-refractivity contribution in [3.63, 3.8) is 0 Å². The lowest BCUT2D eigenvalue weighted by molar-refractivity contribution is -0.139. The Kier molecular flexibility index (Phi) is 5.16. The fourth-order valence-electron chi connectivity index (χ4n) is 3.75. The molecule has 1 atom stereocenters. The molecule has 2 aromatic heterocycles. The number of para-hydroxylation sites is 1. The molecule has 1 aliphatic rings. The summed E-state index contributed by atoms with van der Waals surface area (Å²) >= 11 is 0. The average Bonchev–Trinajstić information content (AvgIpc) is 2.74. The number of rotatable bonds is 4. The van der Waals surface area contributed by atoms with Gasteiger partial charge in [-0.1, -0.05) is 18.2 Å². The van der Waals surface area contributed by atoms with Crippen LogP contribution in [0, 0.1) is 0 Å². The Morgan fingerprint density at radius 2 is 1.86 bits per heavy atom. The van der Waals surface area contributed by atoms with Gasteiger partial charge in [-0.25, -0.2) is 9.78 Å². The molecular weight excluding hydrogens is 372 g/mol. The first kappa shape index (κ1) is 18.9. The fourth-order valence-corrected chi connectivity index (χ4v) is 3.75. The highest BCUT2D eigenvalue weighted by Crippen LogP contribution is 2.21. The summed E-state index contributed by atoms with van der Waals surface area (Å²) in [6.07, 6.45) is 1.98. The van der Waals surface area contributed by atoms with Crippen molar-refractivity contribution in [2.24, 2.45) is 0 Å². The van der Waals surface area contributed by atoms with Crippen molar-refractivity contribution in [3.05, 3.63) is 69.5 Å². The van der Waals surface area contributed by atoms with Gasteiger partial charge in [-0.2, -0.15) is 0 Å². The van der Waals surface area contributed by atoms with Gasteiger partial charge >= 0.3 is 5.69 Å². The minimum Gasteiger partial charge on any atom is -0.481 e. The van der Waals surface area contributed by atoms with Crippen molar-refractivity contribution in [1.82, 2.24) is 19.4 Å². The molecule has 8 nitrogen and oxygen atoms in total. The Morgan fingerprint density at radius 3 is 2.59 bits per heavy atom. The SMILES string of the molecule is CC(Oc1ccccc1)C(=O)N1CCC(n2c(=O)[nH]c3ncccc3c2=O)CC1. The second-order valence-electron chi connectivity index (χ2n) is 7.13. The molecule has 1 fully saturated rings. The maximum absolute atomic E-state index is 12.8. The number of amides is 1. The predicted molar refractivity (Wildman–Crippen MR) is 108 cm³/mol. The Bertz CT molecular complexity index is 1130. The van der Waals surface area contributed by atoms with Gasteiger partial charge in [-0.3, -0.25) is 19.1 Å². The minimum atomic E-state index is -0.605. The van der Waals surface area contributed by atoms with Crippen molar-refractivity contribution >= 4 is 16.9 Å². The van der Waals surface area contributed by atoms with Crippen molar-refractivity contribution in [2.45, 2.75) is 31.9 Å². The number of nitrogens with zero attached hydrogens (tertiary/aromatic N) is 3. The van der Waals surface area contributed by atoms with Gasteiger partial charge in [-0.05, 0) is 44.0 Å². The van der Waals surface area contributed by atoms with Crippen molar-refractivity contribution in [2.75, 3.05) is 13.1 Å². The van der Waals surface area contributed by atoms with Gasteiger partial charge in [0, 0.05) is 25.3 Å². The van der Waals surface area contributed by atoms with Crippen LogP contribution in [0.3, 0.4) is 0 Å². The van der Waals surface area contributed by atoms with Crippen LogP contribution in [0.5, 0.6) is 5.75 Å². The number of benzene rings is 1. The second kappa shape index (κ2) is 7.90. The number of ether oxygens (including phenoxy) is 1. The Morgan fingerprint density at radius 1 is 1.14 bits per heavy atom. The molecule has 0 radical (unpaired) electrons. The van der Waals surface area contributed by atoms with E-state index in [9.17, 15) is 14.4 Å². The van der Waals surface area contributed by atoms with Gasteiger partial charge in [0.2, 0.25) is 0 Å². The van der Waals surface area contributed by atoms with Crippen LogP contribution >= 0.6 is 0 Å². The summed E-state index contributed by atoms with van der Waals surface area (Å²) in [4.78, 5) is 46.4. The molecule has 8 heteroatoms. The van der Waals surface area contributed by atoms with E-state index < -0.39 is 11.8 Å². The van der Waals surface area contributed by atoms with E-state index in [1.54, 1.807) is 24.0 Å². The third-order valence-corrected chi connectivity index (χ3v) is 5.25. The number of carbonyl (C=O) groups excluding carboxylic acids is 1. The molecule has 1 aromatic carbocycles. The van der Waals surface area contributed by atoms with Gasteiger partial charge in [0.15, 0.2) is 6.10 Å². The van der Waals surface area contributed by atoms with Gasteiger partial charge in [0.1, 0.15) is 11.4 Å². The number of carbonyl (C=O) groups is 1. The molecule has 4 rings (SSSR count). The van der Waals surface area contributed by atoms with Gasteiger partial charge < -0.3 is 9.64 Å². The Labute approximate surface area is 166 Å². The van der Waals surface area contributed by atoms with Crippen LogP contribution in [-0.2, 0) is 4.79 Å². The number of hydrogen-bond acceptors (Lipinski definition) is 5. The maximum atomic E-state index is 12.8. The Balaban J connectivity index is 1.46. The van der Waals surface area contributed by atoms with Crippen LogP contribution in [-0.4, -0.2) is 44.5 Å². The van der Waals surface area contributed by atoms with Gasteiger partial charge in [-0.15, -0.1) is 0 Å². The normalized spacial score (nSPS) is 16.0. The van der Waals surface area contributed by atoms with Crippen molar-refractivity contribution < 1.29 is 9.53 Å². The molecule has 0 bridgehead atoms. The topological polar surface area (TPSA) is 97.3 Å². The first-order valence-electron chi connectivity index (χ1n) is 9.64. The summed E-state index contributed by atoms with van der Waals surface area (Å²) in [6, 6.07) is 12.3. The molecule has 150 valence electrons. The molecule has 1 N–H and O–H groups in total. The summed E-state index contributed by atoms with van der Waals surface area (Å²) < 4.78 is 6.98. The minimum absolute atomic E-state index is 0.101. The molecule has 3 heterocycles. The van der Waals surface area contributed by atoms with Crippen molar-refractivity contribution in [3.8, 4) is 5.75 Å². The van der Waals surface area contributed by atoms with E-state index in [2.05, 4.69) is 9.97 Å². The lowest BCUT2D eigenvalue weighted by Crippen LogP contribution is -2.48. The number of piperidine rings is 1. The summed E-state index contributed by atoms with van der Waals surface area (Å²) in [6.45, 7) is 2.65. The van der Waals surface area contributed by atoms with Crippen LogP contribution < -0.4 is 16.0 Å². The van der Waals surface area contributed by atoms with Crippen LogP contribution in [0.2, 0.25) is 0 Å². The van der Waals surface area contributed by atoms with E-state index in [1.165, 1.54) is 10.8 Å². The number of likely N-dealkylation sites (tertiary alicyclic amines) is 1. The maximum Gasteiger partial charge on any atom is 0.330 e. The summed E-state index contributed by atoms with van der Waals surface area (Å²) in [5.74, 6) is 0.544. The highest BCUT2D eigenvalue weighted by atomic mass is 16.5. The van der Waals surface area contributed by atoms with E-state index in [0.29, 0.717) is 42.7 Å². The molecule has 1 unspecified atom stereocenters. The van der Waals surface area contributed by atoms with Crippen LogP contribution in [0.15, 0.2) is 58.3 Å². The van der Waals surface area contributed by atoms with E-state index in [4.69, 9.17) is 4.74 Å². The standard InChI is InChI=1S/C21H22N4O4/c1-14(29-16-6-3-2-4-7-16)19(26)24-12-9-15(10-13-24)25-20(27)17-8-5-11-22-18(17)23-21(25)28/h2-8,11,14-15H,9-10,12-13H2,1H3,(H,22,23,28). The largest absolute Gasteiger partial charge is 0.481 e. The van der Waals surface area contributed by atoms with Crippen LogP contribution in [0.1, 0.15) is 25.8 Å². The lowest BCUT2D eigenvalue weighted by atomic mass is 10.0. The smallest absolute Gasteiger partial charge is 0.330 e. The zero-order valence-electron chi connectivity index (χ0n) is 16.1. The first-order chi connectivity index (χ1) is 14.0.